The average Bonchev–Trinajstić information content (AvgIpc) is 2.80. The van der Waals surface area contributed by atoms with Gasteiger partial charge < -0.3 is 9.64 Å². The van der Waals surface area contributed by atoms with Crippen LogP contribution in [0.1, 0.15) is 53.6 Å². The zero-order valence-electron chi connectivity index (χ0n) is 18.1. The normalized spacial score (nSPS) is 18.5. The van der Waals surface area contributed by atoms with Gasteiger partial charge in [0.15, 0.2) is 0 Å². The minimum absolute atomic E-state index is 0.0111. The number of ether oxygens (including phenoxy) is 1. The van der Waals surface area contributed by atoms with Crippen LogP contribution in [-0.2, 0) is 12.7 Å². The van der Waals surface area contributed by atoms with Crippen molar-refractivity contribution in [2.75, 3.05) is 26.2 Å². The van der Waals surface area contributed by atoms with Crippen molar-refractivity contribution >= 4 is 5.91 Å². The Labute approximate surface area is 187 Å². The second kappa shape index (κ2) is 9.94. The van der Waals surface area contributed by atoms with E-state index in [1.54, 1.807) is 6.07 Å². The number of likely N-dealkylation sites (tertiary alicyclic amines) is 2. The Balaban J connectivity index is 1.33. The van der Waals surface area contributed by atoms with Crippen LogP contribution in [0.2, 0.25) is 0 Å². The molecule has 0 bridgehead atoms. The molecule has 0 radical (unpaired) electrons. The summed E-state index contributed by atoms with van der Waals surface area (Å²) in [5.74, 6) is 0.654. The van der Waals surface area contributed by atoms with Crippen LogP contribution in [0.4, 0.5) is 13.2 Å². The van der Waals surface area contributed by atoms with E-state index in [4.69, 9.17) is 4.74 Å². The smallest absolute Gasteiger partial charge is 0.416 e. The van der Waals surface area contributed by atoms with Crippen molar-refractivity contribution < 1.29 is 22.7 Å². The van der Waals surface area contributed by atoms with Gasteiger partial charge >= 0.3 is 6.18 Å². The van der Waals surface area contributed by atoms with Crippen LogP contribution in [0, 0.1) is 0 Å². The highest BCUT2D eigenvalue weighted by Crippen LogP contribution is 2.30. The predicted octanol–water partition coefficient (Wildman–Crippen LogP) is 5.37. The van der Waals surface area contributed by atoms with Gasteiger partial charge in [0.25, 0.3) is 5.91 Å². The molecule has 2 aromatic rings. The molecule has 0 saturated carbocycles. The Kier molecular flexibility index (Phi) is 7.04. The van der Waals surface area contributed by atoms with E-state index >= 15 is 0 Å². The summed E-state index contributed by atoms with van der Waals surface area (Å²) in [5, 5.41) is 0. The summed E-state index contributed by atoms with van der Waals surface area (Å²) in [5.41, 5.74) is 0.667. The number of benzene rings is 2. The number of para-hydroxylation sites is 1. The lowest BCUT2D eigenvalue weighted by Crippen LogP contribution is -2.38. The molecule has 2 heterocycles. The monoisotopic (exact) mass is 446 g/mol. The first kappa shape index (κ1) is 22.6. The fraction of sp³-hybridized carbons (Fsp3) is 0.480. The van der Waals surface area contributed by atoms with Gasteiger partial charge in [0.05, 0.1) is 11.1 Å². The van der Waals surface area contributed by atoms with E-state index in [0.717, 1.165) is 57.9 Å². The molecule has 2 aromatic carbocycles. The van der Waals surface area contributed by atoms with Crippen molar-refractivity contribution in [2.24, 2.45) is 0 Å². The zero-order chi connectivity index (χ0) is 22.6. The van der Waals surface area contributed by atoms with E-state index < -0.39 is 11.7 Å². The molecule has 0 atom stereocenters. The molecule has 1 amide bonds. The Morgan fingerprint density at radius 2 is 1.66 bits per heavy atom. The Morgan fingerprint density at radius 1 is 0.938 bits per heavy atom. The summed E-state index contributed by atoms with van der Waals surface area (Å²) in [6.45, 7) is 3.55. The van der Waals surface area contributed by atoms with Crippen LogP contribution in [0.25, 0.3) is 0 Å². The van der Waals surface area contributed by atoms with E-state index in [1.807, 2.05) is 29.2 Å². The average molecular weight is 447 g/mol. The number of rotatable bonds is 5. The third-order valence-corrected chi connectivity index (χ3v) is 6.25. The topological polar surface area (TPSA) is 32.8 Å². The zero-order valence-corrected chi connectivity index (χ0v) is 18.1. The lowest BCUT2D eigenvalue weighted by molar-refractivity contribution is -0.137. The van der Waals surface area contributed by atoms with Crippen molar-refractivity contribution in [2.45, 2.75) is 50.9 Å². The van der Waals surface area contributed by atoms with Gasteiger partial charge in [-0.15, -0.1) is 0 Å². The van der Waals surface area contributed by atoms with Crippen LogP contribution < -0.4 is 4.74 Å². The molecule has 0 aliphatic carbocycles. The lowest BCUT2D eigenvalue weighted by Gasteiger charge is -2.33. The molecule has 2 fully saturated rings. The van der Waals surface area contributed by atoms with Crippen molar-refractivity contribution in [1.82, 2.24) is 9.80 Å². The van der Waals surface area contributed by atoms with Gasteiger partial charge in [-0.1, -0.05) is 30.3 Å². The summed E-state index contributed by atoms with van der Waals surface area (Å²) in [7, 11) is 0. The molecule has 2 aliphatic heterocycles. The quantitative estimate of drug-likeness (QED) is 0.619. The summed E-state index contributed by atoms with van der Waals surface area (Å²) in [4.78, 5) is 17.0. The van der Waals surface area contributed by atoms with Crippen molar-refractivity contribution in [3.05, 3.63) is 65.2 Å². The predicted molar refractivity (Wildman–Crippen MR) is 117 cm³/mol. The second-order valence-corrected chi connectivity index (χ2v) is 8.64. The SMILES string of the molecule is O=C(c1ccccc1OC1CCN(Cc2cccc(C(F)(F)F)c2)CC1)N1CCCCC1. The van der Waals surface area contributed by atoms with E-state index in [9.17, 15) is 18.0 Å². The molecule has 0 spiro atoms. The number of halogens is 3. The van der Waals surface area contributed by atoms with E-state index in [-0.39, 0.29) is 12.0 Å². The van der Waals surface area contributed by atoms with Gasteiger partial charge in [-0.05, 0) is 55.9 Å². The first-order chi connectivity index (χ1) is 15.4. The fourth-order valence-corrected chi connectivity index (χ4v) is 4.48. The number of amides is 1. The Bertz CT molecular complexity index is 917. The molecule has 4 nitrogen and oxygen atoms in total. The first-order valence-electron chi connectivity index (χ1n) is 11.3. The Hall–Kier alpha value is -2.54. The van der Waals surface area contributed by atoms with Gasteiger partial charge in [0.1, 0.15) is 11.9 Å². The number of carbonyl (C=O) groups is 1. The van der Waals surface area contributed by atoms with Crippen molar-refractivity contribution in [3.63, 3.8) is 0 Å². The molecule has 32 heavy (non-hydrogen) atoms. The van der Waals surface area contributed by atoms with Crippen LogP contribution in [0.5, 0.6) is 5.75 Å². The summed E-state index contributed by atoms with van der Waals surface area (Å²) < 4.78 is 45.1. The summed E-state index contributed by atoms with van der Waals surface area (Å²) in [6.07, 6.45) is 0.453. The van der Waals surface area contributed by atoms with Crippen molar-refractivity contribution in [3.8, 4) is 5.75 Å². The van der Waals surface area contributed by atoms with Gasteiger partial charge in [-0.3, -0.25) is 9.69 Å². The number of piperidine rings is 2. The maximum Gasteiger partial charge on any atom is 0.416 e. The molecular weight excluding hydrogens is 417 g/mol. The minimum Gasteiger partial charge on any atom is -0.489 e. The first-order valence-corrected chi connectivity index (χ1v) is 11.3. The van der Waals surface area contributed by atoms with E-state index in [0.29, 0.717) is 23.4 Å². The highest BCUT2D eigenvalue weighted by molar-refractivity contribution is 5.97. The number of alkyl halides is 3. The molecule has 4 rings (SSSR count). The molecule has 0 unspecified atom stereocenters. The van der Waals surface area contributed by atoms with E-state index in [1.165, 1.54) is 18.6 Å². The van der Waals surface area contributed by atoms with Crippen LogP contribution in [0.3, 0.4) is 0 Å². The third-order valence-electron chi connectivity index (χ3n) is 6.25. The summed E-state index contributed by atoms with van der Waals surface area (Å²) >= 11 is 0. The van der Waals surface area contributed by atoms with Gasteiger partial charge in [-0.2, -0.15) is 13.2 Å². The molecule has 7 heteroatoms. The maximum absolute atomic E-state index is 13.0. The molecule has 172 valence electrons. The number of nitrogens with zero attached hydrogens (tertiary/aromatic N) is 2. The van der Waals surface area contributed by atoms with Gasteiger partial charge in [-0.25, -0.2) is 0 Å². The Morgan fingerprint density at radius 3 is 2.38 bits per heavy atom. The largest absolute Gasteiger partial charge is 0.489 e. The second-order valence-electron chi connectivity index (χ2n) is 8.64. The molecular formula is C25H29F3N2O2. The molecule has 0 aromatic heterocycles. The fourth-order valence-electron chi connectivity index (χ4n) is 4.48. The molecule has 2 aliphatic rings. The highest BCUT2D eigenvalue weighted by atomic mass is 19.4. The number of hydrogen-bond donors (Lipinski definition) is 0. The maximum atomic E-state index is 13.0. The third kappa shape index (κ3) is 5.63. The number of carbonyl (C=O) groups excluding carboxylic acids is 1. The van der Waals surface area contributed by atoms with Crippen molar-refractivity contribution in [1.29, 1.82) is 0 Å². The molecule has 2 saturated heterocycles. The molecule has 0 N–H and O–H groups in total. The highest BCUT2D eigenvalue weighted by Gasteiger charge is 2.31. The van der Waals surface area contributed by atoms with Crippen LogP contribution >= 0.6 is 0 Å². The lowest BCUT2D eigenvalue weighted by atomic mass is 10.0. The number of hydrogen-bond acceptors (Lipinski definition) is 3. The van der Waals surface area contributed by atoms with Gasteiger partial charge in [0.2, 0.25) is 0 Å². The van der Waals surface area contributed by atoms with Gasteiger partial charge in [0, 0.05) is 32.7 Å². The van der Waals surface area contributed by atoms with Crippen LogP contribution in [0.15, 0.2) is 48.5 Å². The summed E-state index contributed by atoms with van der Waals surface area (Å²) in [6, 6.07) is 13.0. The standard InChI is InChI=1S/C25H29F3N2O2/c26-25(27,28)20-8-6-7-19(17-20)18-29-15-11-21(12-16-29)32-23-10-3-2-9-22(23)24(31)30-13-4-1-5-14-30/h2-3,6-10,17,21H,1,4-5,11-16,18H2. The van der Waals surface area contributed by atoms with Crippen LogP contribution in [-0.4, -0.2) is 48.0 Å². The minimum atomic E-state index is -4.32. The van der Waals surface area contributed by atoms with E-state index in [2.05, 4.69) is 4.90 Å².